The number of hydrogen-bond acceptors (Lipinski definition) is 4. The van der Waals surface area contributed by atoms with Gasteiger partial charge in [0, 0.05) is 31.1 Å². The molecule has 0 radical (unpaired) electrons. The van der Waals surface area contributed by atoms with Crippen molar-refractivity contribution in [2.45, 2.75) is 57.1 Å². The normalized spacial score (nSPS) is 25.4. The summed E-state index contributed by atoms with van der Waals surface area (Å²) >= 11 is 1.99. The highest BCUT2D eigenvalue weighted by molar-refractivity contribution is 7.99. The first-order valence-electron chi connectivity index (χ1n) is 6.81. The molecule has 0 spiro atoms. The minimum Gasteiger partial charge on any atom is -0.352 e. The van der Waals surface area contributed by atoms with Gasteiger partial charge in [-0.15, -0.1) is 0 Å². The van der Waals surface area contributed by atoms with Gasteiger partial charge in [0.25, 0.3) is 0 Å². The first-order chi connectivity index (χ1) is 8.31. The molecule has 4 heteroatoms. The zero-order valence-electron chi connectivity index (χ0n) is 11.4. The standard InChI is InChI=1S/C13H27NO2S/c1-4-15-13(16-5-2)10-14-11-8-6-7-9-12(11)17-3/h11-14H,4-10H2,1-3H3. The molecule has 0 amide bonds. The Morgan fingerprint density at radius 2 is 1.82 bits per heavy atom. The van der Waals surface area contributed by atoms with Crippen molar-refractivity contribution in [3.8, 4) is 0 Å². The lowest BCUT2D eigenvalue weighted by Gasteiger charge is -2.32. The summed E-state index contributed by atoms with van der Waals surface area (Å²) in [6, 6.07) is 0.627. The molecular formula is C13H27NO2S. The second kappa shape index (κ2) is 9.20. The molecule has 1 saturated carbocycles. The molecule has 0 heterocycles. The average molecular weight is 261 g/mol. The summed E-state index contributed by atoms with van der Waals surface area (Å²) in [7, 11) is 0. The van der Waals surface area contributed by atoms with E-state index in [0.717, 1.165) is 11.8 Å². The van der Waals surface area contributed by atoms with E-state index in [1.54, 1.807) is 0 Å². The summed E-state index contributed by atoms with van der Waals surface area (Å²) in [5, 5.41) is 4.38. The zero-order chi connectivity index (χ0) is 12.5. The summed E-state index contributed by atoms with van der Waals surface area (Å²) in [6.07, 6.45) is 7.48. The van der Waals surface area contributed by atoms with Crippen LogP contribution in [0.4, 0.5) is 0 Å². The van der Waals surface area contributed by atoms with E-state index in [2.05, 4.69) is 11.6 Å². The van der Waals surface area contributed by atoms with Gasteiger partial charge in [-0.1, -0.05) is 12.8 Å². The van der Waals surface area contributed by atoms with Gasteiger partial charge in [0.2, 0.25) is 0 Å². The molecule has 1 aliphatic carbocycles. The fourth-order valence-corrected chi connectivity index (χ4v) is 3.36. The van der Waals surface area contributed by atoms with E-state index in [1.165, 1.54) is 25.7 Å². The number of rotatable bonds is 8. The van der Waals surface area contributed by atoms with Crippen LogP contribution in [0.15, 0.2) is 0 Å². The number of nitrogens with one attached hydrogen (secondary N) is 1. The molecule has 0 aromatic rings. The molecule has 0 aromatic heterocycles. The molecule has 0 aromatic carbocycles. The van der Waals surface area contributed by atoms with E-state index in [0.29, 0.717) is 19.3 Å². The molecular weight excluding hydrogens is 234 g/mol. The lowest BCUT2D eigenvalue weighted by molar-refractivity contribution is -0.134. The summed E-state index contributed by atoms with van der Waals surface area (Å²) in [5.74, 6) is 0. The Morgan fingerprint density at radius 3 is 2.41 bits per heavy atom. The Bertz CT molecular complexity index is 186. The third-order valence-corrected chi connectivity index (χ3v) is 4.43. The fourth-order valence-electron chi connectivity index (χ4n) is 2.40. The Balaban J connectivity index is 2.30. The number of ether oxygens (including phenoxy) is 2. The summed E-state index contributed by atoms with van der Waals surface area (Å²) in [6.45, 7) is 6.25. The minimum absolute atomic E-state index is 0.0885. The lowest BCUT2D eigenvalue weighted by atomic mass is 9.95. The van der Waals surface area contributed by atoms with E-state index in [-0.39, 0.29) is 6.29 Å². The van der Waals surface area contributed by atoms with Crippen LogP contribution in [0.1, 0.15) is 39.5 Å². The highest BCUT2D eigenvalue weighted by atomic mass is 32.2. The zero-order valence-corrected chi connectivity index (χ0v) is 12.2. The highest BCUT2D eigenvalue weighted by Gasteiger charge is 2.24. The average Bonchev–Trinajstić information content (AvgIpc) is 2.37. The SMILES string of the molecule is CCOC(CNC1CCCCC1SC)OCC. The van der Waals surface area contributed by atoms with Gasteiger partial charge in [0.05, 0.1) is 0 Å². The van der Waals surface area contributed by atoms with Gasteiger partial charge in [-0.05, 0) is 32.9 Å². The number of hydrogen-bond donors (Lipinski definition) is 1. The summed E-state index contributed by atoms with van der Waals surface area (Å²) in [5.41, 5.74) is 0. The predicted octanol–water partition coefficient (Wildman–Crippen LogP) is 2.65. The molecule has 1 aliphatic rings. The van der Waals surface area contributed by atoms with Crippen molar-refractivity contribution in [3.63, 3.8) is 0 Å². The van der Waals surface area contributed by atoms with Gasteiger partial charge in [-0.25, -0.2) is 0 Å². The van der Waals surface area contributed by atoms with Crippen molar-refractivity contribution in [3.05, 3.63) is 0 Å². The van der Waals surface area contributed by atoms with E-state index in [4.69, 9.17) is 9.47 Å². The van der Waals surface area contributed by atoms with Crippen molar-refractivity contribution >= 4 is 11.8 Å². The van der Waals surface area contributed by atoms with E-state index in [9.17, 15) is 0 Å². The van der Waals surface area contributed by atoms with Crippen LogP contribution < -0.4 is 5.32 Å². The van der Waals surface area contributed by atoms with E-state index in [1.807, 2.05) is 25.6 Å². The smallest absolute Gasteiger partial charge is 0.169 e. The van der Waals surface area contributed by atoms with Crippen LogP contribution in [0.25, 0.3) is 0 Å². The maximum Gasteiger partial charge on any atom is 0.169 e. The van der Waals surface area contributed by atoms with Crippen LogP contribution in [-0.4, -0.2) is 43.6 Å². The lowest BCUT2D eigenvalue weighted by Crippen LogP contribution is -2.44. The van der Waals surface area contributed by atoms with Gasteiger partial charge in [-0.3, -0.25) is 0 Å². The molecule has 0 saturated heterocycles. The Morgan fingerprint density at radius 1 is 1.18 bits per heavy atom. The van der Waals surface area contributed by atoms with E-state index < -0.39 is 0 Å². The largest absolute Gasteiger partial charge is 0.352 e. The third kappa shape index (κ3) is 5.60. The Hall–Kier alpha value is 0.230. The van der Waals surface area contributed by atoms with Crippen molar-refractivity contribution in [1.29, 1.82) is 0 Å². The van der Waals surface area contributed by atoms with Gasteiger partial charge >= 0.3 is 0 Å². The topological polar surface area (TPSA) is 30.5 Å². The van der Waals surface area contributed by atoms with Gasteiger partial charge < -0.3 is 14.8 Å². The van der Waals surface area contributed by atoms with Crippen molar-refractivity contribution in [1.82, 2.24) is 5.32 Å². The first-order valence-corrected chi connectivity index (χ1v) is 8.10. The molecule has 1 rings (SSSR count). The Labute approximate surface area is 110 Å². The van der Waals surface area contributed by atoms with Gasteiger partial charge in [0.15, 0.2) is 6.29 Å². The second-order valence-electron chi connectivity index (χ2n) is 4.41. The monoisotopic (exact) mass is 261 g/mol. The van der Waals surface area contributed by atoms with Gasteiger partial charge in [-0.2, -0.15) is 11.8 Å². The summed E-state index contributed by atoms with van der Waals surface area (Å²) in [4.78, 5) is 0. The quantitative estimate of drug-likeness (QED) is 0.681. The van der Waals surface area contributed by atoms with Crippen molar-refractivity contribution in [2.24, 2.45) is 0 Å². The van der Waals surface area contributed by atoms with Crippen LogP contribution in [0.2, 0.25) is 0 Å². The maximum absolute atomic E-state index is 5.55. The minimum atomic E-state index is -0.0885. The van der Waals surface area contributed by atoms with Gasteiger partial charge in [0.1, 0.15) is 0 Å². The van der Waals surface area contributed by atoms with E-state index >= 15 is 0 Å². The Kier molecular flexibility index (Phi) is 8.27. The van der Waals surface area contributed by atoms with Crippen molar-refractivity contribution in [2.75, 3.05) is 26.0 Å². The summed E-state index contributed by atoms with van der Waals surface area (Å²) < 4.78 is 11.1. The molecule has 1 fully saturated rings. The molecule has 102 valence electrons. The van der Waals surface area contributed by atoms with Crippen LogP contribution in [0.3, 0.4) is 0 Å². The van der Waals surface area contributed by atoms with Crippen LogP contribution in [-0.2, 0) is 9.47 Å². The molecule has 2 atom stereocenters. The van der Waals surface area contributed by atoms with Crippen LogP contribution in [0.5, 0.6) is 0 Å². The molecule has 3 nitrogen and oxygen atoms in total. The molecule has 2 unspecified atom stereocenters. The fraction of sp³-hybridized carbons (Fsp3) is 1.00. The highest BCUT2D eigenvalue weighted by Crippen LogP contribution is 2.27. The number of thioether (sulfide) groups is 1. The molecule has 1 N–H and O–H groups in total. The second-order valence-corrected chi connectivity index (χ2v) is 5.49. The first kappa shape index (κ1) is 15.3. The molecule has 0 aliphatic heterocycles. The maximum atomic E-state index is 5.55. The van der Waals surface area contributed by atoms with Crippen LogP contribution in [0, 0.1) is 0 Å². The van der Waals surface area contributed by atoms with Crippen molar-refractivity contribution < 1.29 is 9.47 Å². The molecule has 0 bridgehead atoms. The third-order valence-electron chi connectivity index (χ3n) is 3.26. The van der Waals surface area contributed by atoms with Crippen LogP contribution >= 0.6 is 11.8 Å². The molecule has 17 heavy (non-hydrogen) atoms. The predicted molar refractivity (Wildman–Crippen MR) is 74.6 cm³/mol.